The molecule has 19 heavy (non-hydrogen) atoms. The van der Waals surface area contributed by atoms with E-state index in [-0.39, 0.29) is 6.03 Å². The van der Waals surface area contributed by atoms with Crippen molar-refractivity contribution in [3.05, 3.63) is 17.0 Å². The molecule has 2 rings (SSSR count). The van der Waals surface area contributed by atoms with Crippen LogP contribution in [0.4, 0.5) is 4.79 Å². The van der Waals surface area contributed by atoms with Crippen molar-refractivity contribution in [1.29, 1.82) is 0 Å². The van der Waals surface area contributed by atoms with E-state index in [1.807, 2.05) is 13.8 Å². The molecule has 0 radical (unpaired) electrons. The number of aryl methyl sites for hydroxylation is 2. The van der Waals surface area contributed by atoms with Crippen LogP contribution in [0.1, 0.15) is 23.4 Å². The monoisotopic (exact) mass is 267 g/mol. The molecule has 1 atom stereocenters. The number of nitrogens with zero attached hydrogens (tertiary/aromatic N) is 2. The van der Waals surface area contributed by atoms with E-state index < -0.39 is 0 Å². The molecule has 1 aliphatic rings. The van der Waals surface area contributed by atoms with Gasteiger partial charge in [-0.3, -0.25) is 0 Å². The highest BCUT2D eigenvalue weighted by molar-refractivity contribution is 5.73. The number of ether oxygens (including phenoxy) is 1. The van der Waals surface area contributed by atoms with E-state index in [0.29, 0.717) is 19.0 Å². The lowest BCUT2D eigenvalue weighted by molar-refractivity contribution is 0.182. The lowest BCUT2D eigenvalue weighted by Crippen LogP contribution is -2.39. The summed E-state index contributed by atoms with van der Waals surface area (Å²) in [5.74, 6) is 1.21. The van der Waals surface area contributed by atoms with Gasteiger partial charge in [-0.15, -0.1) is 0 Å². The van der Waals surface area contributed by atoms with E-state index in [9.17, 15) is 4.79 Å². The van der Waals surface area contributed by atoms with Crippen molar-refractivity contribution in [3.63, 3.8) is 0 Å². The smallest absolute Gasteiger partial charge is 0.317 e. The minimum atomic E-state index is -0.0769. The third-order valence-corrected chi connectivity index (χ3v) is 3.49. The van der Waals surface area contributed by atoms with Crippen molar-refractivity contribution >= 4 is 6.03 Å². The van der Waals surface area contributed by atoms with Crippen molar-refractivity contribution in [1.82, 2.24) is 15.4 Å². The van der Waals surface area contributed by atoms with Gasteiger partial charge in [-0.2, -0.15) is 0 Å². The highest BCUT2D eigenvalue weighted by atomic mass is 16.5. The van der Waals surface area contributed by atoms with Crippen LogP contribution in [0.15, 0.2) is 4.52 Å². The van der Waals surface area contributed by atoms with E-state index in [1.54, 1.807) is 11.9 Å². The summed E-state index contributed by atoms with van der Waals surface area (Å²) in [6.45, 7) is 6.46. The first kappa shape index (κ1) is 13.9. The molecule has 6 heteroatoms. The van der Waals surface area contributed by atoms with Crippen LogP contribution in [0.2, 0.25) is 0 Å². The van der Waals surface area contributed by atoms with E-state index in [0.717, 1.165) is 36.7 Å². The van der Waals surface area contributed by atoms with Gasteiger partial charge in [0.15, 0.2) is 0 Å². The van der Waals surface area contributed by atoms with E-state index >= 15 is 0 Å². The average molecular weight is 267 g/mol. The van der Waals surface area contributed by atoms with Gasteiger partial charge in [0.05, 0.1) is 18.8 Å². The maximum atomic E-state index is 12.0. The zero-order valence-corrected chi connectivity index (χ0v) is 11.7. The first-order valence-corrected chi connectivity index (χ1v) is 6.56. The van der Waals surface area contributed by atoms with Gasteiger partial charge < -0.3 is 19.5 Å². The van der Waals surface area contributed by atoms with Crippen LogP contribution in [-0.2, 0) is 11.3 Å². The molecule has 1 aromatic heterocycles. The fraction of sp³-hybridized carbons (Fsp3) is 0.692. The summed E-state index contributed by atoms with van der Waals surface area (Å²) in [6.07, 6.45) is 1.02. The molecule has 106 valence electrons. The Morgan fingerprint density at radius 2 is 2.32 bits per heavy atom. The highest BCUT2D eigenvalue weighted by Gasteiger charge is 2.19. The van der Waals surface area contributed by atoms with Crippen molar-refractivity contribution in [2.24, 2.45) is 5.92 Å². The molecule has 1 saturated heterocycles. The fourth-order valence-corrected chi connectivity index (χ4v) is 2.15. The topological polar surface area (TPSA) is 67.6 Å². The van der Waals surface area contributed by atoms with Crippen LogP contribution < -0.4 is 5.32 Å². The number of carbonyl (C=O) groups is 1. The number of hydrogen-bond donors (Lipinski definition) is 1. The summed E-state index contributed by atoms with van der Waals surface area (Å²) < 4.78 is 10.4. The van der Waals surface area contributed by atoms with Crippen LogP contribution in [-0.4, -0.2) is 42.9 Å². The quantitative estimate of drug-likeness (QED) is 0.897. The van der Waals surface area contributed by atoms with Gasteiger partial charge in [0.1, 0.15) is 5.76 Å². The fourth-order valence-electron chi connectivity index (χ4n) is 2.15. The lowest BCUT2D eigenvalue weighted by atomic mass is 10.1. The van der Waals surface area contributed by atoms with Gasteiger partial charge in [-0.1, -0.05) is 5.16 Å². The SMILES string of the molecule is Cc1noc(C)c1CN(C)C(=O)NC[C@@H]1CCOC1. The number of carbonyl (C=O) groups excluding carboxylic acids is 1. The number of nitrogens with one attached hydrogen (secondary N) is 1. The Kier molecular flexibility index (Phi) is 4.42. The number of amides is 2. The Balaban J connectivity index is 1.82. The molecule has 2 heterocycles. The van der Waals surface area contributed by atoms with Crippen LogP contribution in [0.25, 0.3) is 0 Å². The van der Waals surface area contributed by atoms with Gasteiger partial charge in [0.2, 0.25) is 0 Å². The molecule has 0 unspecified atom stereocenters. The zero-order valence-electron chi connectivity index (χ0n) is 11.7. The third kappa shape index (κ3) is 3.47. The molecule has 2 amide bonds. The highest BCUT2D eigenvalue weighted by Crippen LogP contribution is 2.14. The van der Waals surface area contributed by atoms with Crippen LogP contribution in [0.3, 0.4) is 0 Å². The van der Waals surface area contributed by atoms with Crippen LogP contribution in [0.5, 0.6) is 0 Å². The molecule has 0 bridgehead atoms. The van der Waals surface area contributed by atoms with Crippen LogP contribution >= 0.6 is 0 Å². The van der Waals surface area contributed by atoms with Gasteiger partial charge in [-0.25, -0.2) is 4.79 Å². The molecule has 0 aromatic carbocycles. The van der Waals surface area contributed by atoms with Crippen molar-refractivity contribution in [2.45, 2.75) is 26.8 Å². The average Bonchev–Trinajstić information content (AvgIpc) is 3.00. The predicted octanol–water partition coefficient (Wildman–Crippen LogP) is 1.47. The first-order valence-electron chi connectivity index (χ1n) is 6.56. The third-order valence-electron chi connectivity index (χ3n) is 3.49. The summed E-state index contributed by atoms with van der Waals surface area (Å²) in [5.41, 5.74) is 1.81. The summed E-state index contributed by atoms with van der Waals surface area (Å²) in [4.78, 5) is 13.6. The maximum Gasteiger partial charge on any atom is 0.317 e. The standard InChI is InChI=1S/C13H21N3O3/c1-9-12(10(2)19-15-9)7-16(3)13(17)14-6-11-4-5-18-8-11/h11H,4-8H2,1-3H3,(H,14,17)/t11-/m0/s1. The van der Waals surface area contributed by atoms with Gasteiger partial charge >= 0.3 is 6.03 Å². The van der Waals surface area contributed by atoms with E-state index in [1.165, 1.54) is 0 Å². The molecule has 1 N–H and O–H groups in total. The minimum absolute atomic E-state index is 0.0769. The number of hydrogen-bond acceptors (Lipinski definition) is 4. The Hall–Kier alpha value is -1.56. The summed E-state index contributed by atoms with van der Waals surface area (Å²) >= 11 is 0. The predicted molar refractivity (Wildman–Crippen MR) is 69.8 cm³/mol. The maximum absolute atomic E-state index is 12.0. The first-order chi connectivity index (χ1) is 9.08. The Bertz CT molecular complexity index is 419. The second-order valence-electron chi connectivity index (χ2n) is 5.07. The van der Waals surface area contributed by atoms with E-state index in [4.69, 9.17) is 9.26 Å². The molecule has 1 aromatic rings. The molecular weight excluding hydrogens is 246 g/mol. The normalized spacial score (nSPS) is 18.6. The Morgan fingerprint density at radius 3 is 2.89 bits per heavy atom. The molecule has 6 nitrogen and oxygen atoms in total. The zero-order chi connectivity index (χ0) is 13.8. The van der Waals surface area contributed by atoms with Crippen molar-refractivity contribution in [2.75, 3.05) is 26.8 Å². The largest absolute Gasteiger partial charge is 0.381 e. The lowest BCUT2D eigenvalue weighted by Gasteiger charge is -2.19. The molecule has 1 aliphatic heterocycles. The van der Waals surface area contributed by atoms with Gasteiger partial charge in [0.25, 0.3) is 0 Å². The summed E-state index contributed by atoms with van der Waals surface area (Å²) in [5, 5.41) is 6.82. The number of aromatic nitrogens is 1. The molecule has 0 spiro atoms. The minimum Gasteiger partial charge on any atom is -0.381 e. The van der Waals surface area contributed by atoms with Crippen molar-refractivity contribution < 1.29 is 14.1 Å². The summed E-state index contributed by atoms with van der Waals surface area (Å²) in [6, 6.07) is -0.0769. The number of rotatable bonds is 4. The second-order valence-corrected chi connectivity index (χ2v) is 5.07. The Morgan fingerprint density at radius 1 is 1.53 bits per heavy atom. The van der Waals surface area contributed by atoms with Crippen molar-refractivity contribution in [3.8, 4) is 0 Å². The molecule has 1 fully saturated rings. The van der Waals surface area contributed by atoms with E-state index in [2.05, 4.69) is 10.5 Å². The molecule has 0 aliphatic carbocycles. The molecule has 0 saturated carbocycles. The molecular formula is C13H21N3O3. The number of urea groups is 1. The Labute approximate surface area is 113 Å². The van der Waals surface area contributed by atoms with Gasteiger partial charge in [0, 0.05) is 31.7 Å². The van der Waals surface area contributed by atoms with Gasteiger partial charge in [-0.05, 0) is 20.3 Å². The van der Waals surface area contributed by atoms with Crippen LogP contribution in [0, 0.1) is 19.8 Å². The summed E-state index contributed by atoms with van der Waals surface area (Å²) in [7, 11) is 1.77. The second kappa shape index (κ2) is 6.06.